The van der Waals surface area contributed by atoms with Gasteiger partial charge in [-0.2, -0.15) is 0 Å². The highest BCUT2D eigenvalue weighted by Gasteiger charge is 2.42. The predicted molar refractivity (Wildman–Crippen MR) is 98.6 cm³/mol. The first-order valence-corrected chi connectivity index (χ1v) is 8.50. The fraction of sp³-hybridized carbons (Fsp3) is 0.300. The van der Waals surface area contributed by atoms with Gasteiger partial charge in [0.2, 0.25) is 0 Å². The van der Waals surface area contributed by atoms with Crippen LogP contribution in [0.2, 0.25) is 0 Å². The number of nitrogens with zero attached hydrogens (tertiary/aromatic N) is 1. The van der Waals surface area contributed by atoms with Crippen molar-refractivity contribution in [3.8, 4) is 11.5 Å². The third-order valence-electron chi connectivity index (χ3n) is 4.65. The van der Waals surface area contributed by atoms with Gasteiger partial charge in [0.25, 0.3) is 0 Å². The number of aryl methyl sites for hydroxylation is 1. The van der Waals surface area contributed by atoms with Gasteiger partial charge in [-0.15, -0.1) is 0 Å². The summed E-state index contributed by atoms with van der Waals surface area (Å²) in [7, 11) is 0. The molecular weight excluding hydrogens is 332 g/mol. The second-order valence-electron chi connectivity index (χ2n) is 6.88. The molecule has 1 unspecified atom stereocenters. The maximum atomic E-state index is 12.5. The minimum Gasteiger partial charge on any atom is -0.481 e. The highest BCUT2D eigenvalue weighted by molar-refractivity contribution is 5.92. The number of carbonyl (C=O) groups excluding carboxylic acids is 1. The Hall–Kier alpha value is -3.02. The van der Waals surface area contributed by atoms with E-state index in [9.17, 15) is 14.7 Å². The van der Waals surface area contributed by atoms with Crippen LogP contribution in [0.25, 0.3) is 0 Å². The average Bonchev–Trinajstić information content (AvgIpc) is 3.03. The summed E-state index contributed by atoms with van der Waals surface area (Å²) in [6, 6.07) is 14.5. The summed E-state index contributed by atoms with van der Waals surface area (Å²) >= 11 is 0. The Labute approximate surface area is 152 Å². The van der Waals surface area contributed by atoms with E-state index in [2.05, 4.69) is 5.32 Å². The number of ether oxygens (including phenoxy) is 1. The molecule has 0 bridgehead atoms. The molecule has 0 saturated carbocycles. The average molecular weight is 354 g/mol. The Bertz CT molecular complexity index is 819. The fourth-order valence-corrected chi connectivity index (χ4v) is 2.90. The minimum atomic E-state index is -0.894. The van der Waals surface area contributed by atoms with Gasteiger partial charge in [0, 0.05) is 13.1 Å². The number of carboxylic acid groups (broad SMARTS) is 1. The van der Waals surface area contributed by atoms with Crippen LogP contribution in [0.3, 0.4) is 0 Å². The molecule has 1 atom stereocenters. The van der Waals surface area contributed by atoms with Crippen LogP contribution in [0.4, 0.5) is 10.5 Å². The van der Waals surface area contributed by atoms with Gasteiger partial charge in [0.15, 0.2) is 5.75 Å². The molecule has 2 aromatic carbocycles. The Morgan fingerprint density at radius 1 is 1.15 bits per heavy atom. The second kappa shape index (κ2) is 7.07. The molecule has 1 saturated heterocycles. The van der Waals surface area contributed by atoms with Gasteiger partial charge in [-0.25, -0.2) is 4.79 Å². The summed E-state index contributed by atoms with van der Waals surface area (Å²) in [5, 5.41) is 12.1. The molecule has 0 aliphatic carbocycles. The number of benzene rings is 2. The lowest BCUT2D eigenvalue weighted by Crippen LogP contribution is -2.37. The van der Waals surface area contributed by atoms with Crippen molar-refractivity contribution in [3.05, 3.63) is 54.1 Å². The molecule has 2 aromatic rings. The van der Waals surface area contributed by atoms with E-state index < -0.39 is 11.4 Å². The standard InChI is InChI=1S/C20H22N2O4/c1-14-7-9-15(10-8-14)26-17-6-4-3-5-16(17)21-19(25)22-12-11-20(2,13-22)18(23)24/h3-10H,11-13H2,1-2H3,(H,21,25)(H,23,24). The monoisotopic (exact) mass is 354 g/mol. The number of hydrogen-bond acceptors (Lipinski definition) is 3. The third kappa shape index (κ3) is 3.79. The number of rotatable bonds is 4. The maximum Gasteiger partial charge on any atom is 0.321 e. The van der Waals surface area contributed by atoms with Crippen LogP contribution < -0.4 is 10.1 Å². The lowest BCUT2D eigenvalue weighted by Gasteiger charge is -2.21. The van der Waals surface area contributed by atoms with Crippen molar-refractivity contribution in [3.63, 3.8) is 0 Å². The zero-order chi connectivity index (χ0) is 18.7. The zero-order valence-corrected chi connectivity index (χ0v) is 14.9. The lowest BCUT2D eigenvalue weighted by atomic mass is 9.90. The quantitative estimate of drug-likeness (QED) is 0.866. The van der Waals surface area contributed by atoms with Crippen LogP contribution in [0, 0.1) is 12.3 Å². The van der Waals surface area contributed by atoms with E-state index in [0.29, 0.717) is 30.2 Å². The summed E-state index contributed by atoms with van der Waals surface area (Å²) < 4.78 is 5.88. The molecular formula is C20H22N2O4. The van der Waals surface area contributed by atoms with Gasteiger partial charge in [-0.05, 0) is 44.5 Å². The summed E-state index contributed by atoms with van der Waals surface area (Å²) in [6.07, 6.45) is 0.442. The normalized spacial score (nSPS) is 19.2. The molecule has 1 aliphatic heterocycles. The molecule has 136 valence electrons. The van der Waals surface area contributed by atoms with Crippen LogP contribution in [0.15, 0.2) is 48.5 Å². The van der Waals surface area contributed by atoms with Crippen LogP contribution in [0.5, 0.6) is 11.5 Å². The van der Waals surface area contributed by atoms with E-state index in [4.69, 9.17) is 4.74 Å². The van der Waals surface area contributed by atoms with E-state index in [1.807, 2.05) is 43.3 Å². The number of carboxylic acids is 1. The smallest absolute Gasteiger partial charge is 0.321 e. The third-order valence-corrected chi connectivity index (χ3v) is 4.65. The van der Waals surface area contributed by atoms with Gasteiger partial charge in [-0.1, -0.05) is 29.8 Å². The first-order chi connectivity index (χ1) is 12.4. The van der Waals surface area contributed by atoms with E-state index >= 15 is 0 Å². The predicted octanol–water partition coefficient (Wildman–Crippen LogP) is 4.12. The number of anilines is 1. The van der Waals surface area contributed by atoms with Crippen LogP contribution in [-0.4, -0.2) is 35.1 Å². The van der Waals surface area contributed by atoms with Crippen molar-refractivity contribution in [2.75, 3.05) is 18.4 Å². The van der Waals surface area contributed by atoms with E-state index in [0.717, 1.165) is 5.56 Å². The molecule has 0 radical (unpaired) electrons. The fourth-order valence-electron chi connectivity index (χ4n) is 2.90. The van der Waals surface area contributed by atoms with Gasteiger partial charge >= 0.3 is 12.0 Å². The number of likely N-dealkylation sites (tertiary alicyclic amines) is 1. The molecule has 26 heavy (non-hydrogen) atoms. The molecule has 2 amide bonds. The maximum absolute atomic E-state index is 12.5. The van der Waals surface area contributed by atoms with E-state index in [-0.39, 0.29) is 12.6 Å². The number of carbonyl (C=O) groups is 2. The highest BCUT2D eigenvalue weighted by atomic mass is 16.5. The molecule has 6 heteroatoms. The molecule has 6 nitrogen and oxygen atoms in total. The van der Waals surface area contributed by atoms with Crippen molar-refractivity contribution in [1.29, 1.82) is 0 Å². The van der Waals surface area contributed by atoms with Crippen LogP contribution in [0.1, 0.15) is 18.9 Å². The first kappa shape index (κ1) is 17.8. The van der Waals surface area contributed by atoms with E-state index in [1.54, 1.807) is 19.1 Å². The SMILES string of the molecule is Cc1ccc(Oc2ccccc2NC(=O)N2CCC(C)(C(=O)O)C2)cc1. The van der Waals surface area contributed by atoms with Gasteiger partial charge in [-0.3, -0.25) is 4.79 Å². The summed E-state index contributed by atoms with van der Waals surface area (Å²) in [5.74, 6) is 0.331. The zero-order valence-electron chi connectivity index (χ0n) is 14.9. The summed E-state index contributed by atoms with van der Waals surface area (Å²) in [4.78, 5) is 25.4. The number of amides is 2. The van der Waals surface area contributed by atoms with Crippen LogP contribution >= 0.6 is 0 Å². The van der Waals surface area contributed by atoms with E-state index in [1.165, 1.54) is 4.90 Å². The van der Waals surface area contributed by atoms with Crippen molar-refractivity contribution in [1.82, 2.24) is 4.90 Å². The number of aliphatic carboxylic acids is 1. The Balaban J connectivity index is 1.71. The van der Waals surface area contributed by atoms with Crippen molar-refractivity contribution in [2.24, 2.45) is 5.41 Å². The first-order valence-electron chi connectivity index (χ1n) is 8.50. The van der Waals surface area contributed by atoms with Gasteiger partial charge in [0.05, 0.1) is 11.1 Å². The van der Waals surface area contributed by atoms with Crippen LogP contribution in [-0.2, 0) is 4.79 Å². The lowest BCUT2D eigenvalue weighted by molar-refractivity contribution is -0.146. The van der Waals surface area contributed by atoms with Crippen molar-refractivity contribution < 1.29 is 19.4 Å². The molecule has 3 rings (SSSR count). The molecule has 0 spiro atoms. The number of nitrogens with one attached hydrogen (secondary N) is 1. The minimum absolute atomic E-state index is 0.190. The molecule has 0 aromatic heterocycles. The second-order valence-corrected chi connectivity index (χ2v) is 6.88. The molecule has 2 N–H and O–H groups in total. The Morgan fingerprint density at radius 2 is 1.85 bits per heavy atom. The summed E-state index contributed by atoms with van der Waals surface area (Å²) in [5.41, 5.74) is 0.784. The Kier molecular flexibility index (Phi) is 4.84. The molecule has 1 heterocycles. The largest absolute Gasteiger partial charge is 0.481 e. The number of hydrogen-bond donors (Lipinski definition) is 2. The molecule has 1 aliphatic rings. The number of urea groups is 1. The van der Waals surface area contributed by atoms with Crippen molar-refractivity contribution >= 4 is 17.7 Å². The Morgan fingerprint density at radius 3 is 2.50 bits per heavy atom. The highest BCUT2D eigenvalue weighted by Crippen LogP contribution is 2.32. The number of para-hydroxylation sites is 2. The van der Waals surface area contributed by atoms with Crippen molar-refractivity contribution in [2.45, 2.75) is 20.3 Å². The molecule has 1 fully saturated rings. The van der Waals surface area contributed by atoms with Gasteiger partial charge in [0.1, 0.15) is 5.75 Å². The van der Waals surface area contributed by atoms with Gasteiger partial charge < -0.3 is 20.1 Å². The topological polar surface area (TPSA) is 78.9 Å². The summed E-state index contributed by atoms with van der Waals surface area (Å²) in [6.45, 7) is 4.26.